The third kappa shape index (κ3) is 3.32. The molecule has 0 heterocycles. The Morgan fingerprint density at radius 1 is 0.950 bits per heavy atom. The molecule has 2 aromatic rings. The average Bonchev–Trinajstić information content (AvgIpc) is 2.49. The van der Waals surface area contributed by atoms with Gasteiger partial charge in [-0.25, -0.2) is 0 Å². The molecule has 3 heteroatoms. The minimum atomic E-state index is -0.860. The van der Waals surface area contributed by atoms with E-state index in [1.807, 2.05) is 12.1 Å². The lowest BCUT2D eigenvalue weighted by Crippen LogP contribution is -2.25. The second kappa shape index (κ2) is 6.66. The zero-order chi connectivity index (χ0) is 14.4. The van der Waals surface area contributed by atoms with Crippen LogP contribution in [0.1, 0.15) is 24.8 Å². The molecular formula is C17H16O3. The summed E-state index contributed by atoms with van der Waals surface area (Å²) in [5.41, 5.74) is 0.667. The molecule has 102 valence electrons. The number of ether oxygens (including phenoxy) is 1. The van der Waals surface area contributed by atoms with Crippen molar-refractivity contribution in [2.75, 3.05) is 0 Å². The summed E-state index contributed by atoms with van der Waals surface area (Å²) in [6.45, 7) is 1.74. The highest BCUT2D eigenvalue weighted by atomic mass is 16.5. The molecule has 0 amide bonds. The summed E-state index contributed by atoms with van der Waals surface area (Å²) in [4.78, 5) is 24.3. The van der Waals surface area contributed by atoms with E-state index >= 15 is 0 Å². The fourth-order valence-corrected chi connectivity index (χ4v) is 1.97. The molecule has 0 fully saturated rings. The van der Waals surface area contributed by atoms with Crippen LogP contribution in [0, 0.1) is 0 Å². The first kappa shape index (κ1) is 14.0. The number of esters is 1. The summed E-state index contributed by atoms with van der Waals surface area (Å²) in [5.74, 6) is -1.09. The van der Waals surface area contributed by atoms with Gasteiger partial charge in [-0.15, -0.1) is 0 Å². The SMILES string of the molecule is CCC(=O)C(C(=O)Oc1ccccc1)c1ccccc1. The average molecular weight is 268 g/mol. The van der Waals surface area contributed by atoms with Crippen molar-refractivity contribution in [1.29, 1.82) is 0 Å². The van der Waals surface area contributed by atoms with E-state index in [1.165, 1.54) is 0 Å². The van der Waals surface area contributed by atoms with Gasteiger partial charge in [0.2, 0.25) is 0 Å². The lowest BCUT2D eigenvalue weighted by Gasteiger charge is -2.14. The predicted octanol–water partition coefficient (Wildman–Crippen LogP) is 3.35. The van der Waals surface area contributed by atoms with Crippen LogP contribution in [-0.2, 0) is 9.59 Å². The first-order valence-corrected chi connectivity index (χ1v) is 6.56. The first-order valence-electron chi connectivity index (χ1n) is 6.56. The molecule has 0 N–H and O–H groups in total. The zero-order valence-corrected chi connectivity index (χ0v) is 11.3. The summed E-state index contributed by atoms with van der Waals surface area (Å²) < 4.78 is 5.29. The van der Waals surface area contributed by atoms with Gasteiger partial charge in [0.1, 0.15) is 11.7 Å². The number of para-hydroxylation sites is 1. The van der Waals surface area contributed by atoms with Gasteiger partial charge in [0, 0.05) is 6.42 Å². The highest BCUT2D eigenvalue weighted by molar-refractivity contribution is 6.05. The molecule has 20 heavy (non-hydrogen) atoms. The topological polar surface area (TPSA) is 43.4 Å². The van der Waals surface area contributed by atoms with Crippen molar-refractivity contribution in [3.63, 3.8) is 0 Å². The zero-order valence-electron chi connectivity index (χ0n) is 11.3. The Hall–Kier alpha value is -2.42. The van der Waals surface area contributed by atoms with Crippen LogP contribution >= 0.6 is 0 Å². The van der Waals surface area contributed by atoms with E-state index in [2.05, 4.69) is 0 Å². The maximum atomic E-state index is 12.3. The Bertz CT molecular complexity index is 576. The fourth-order valence-electron chi connectivity index (χ4n) is 1.97. The fraction of sp³-hybridized carbons (Fsp3) is 0.176. The molecule has 0 aliphatic rings. The molecule has 1 unspecified atom stereocenters. The number of hydrogen-bond donors (Lipinski definition) is 0. The van der Waals surface area contributed by atoms with Crippen molar-refractivity contribution < 1.29 is 14.3 Å². The van der Waals surface area contributed by atoms with Crippen molar-refractivity contribution in [1.82, 2.24) is 0 Å². The van der Waals surface area contributed by atoms with Crippen LogP contribution in [0.5, 0.6) is 5.75 Å². The predicted molar refractivity (Wildman–Crippen MR) is 76.6 cm³/mol. The molecule has 0 bridgehead atoms. The molecule has 0 saturated carbocycles. The van der Waals surface area contributed by atoms with Gasteiger partial charge in [-0.1, -0.05) is 55.5 Å². The molecule has 1 atom stereocenters. The van der Waals surface area contributed by atoms with Crippen LogP contribution in [0.15, 0.2) is 60.7 Å². The number of carbonyl (C=O) groups excluding carboxylic acids is 2. The highest BCUT2D eigenvalue weighted by Gasteiger charge is 2.28. The van der Waals surface area contributed by atoms with Gasteiger partial charge in [-0.3, -0.25) is 9.59 Å². The number of hydrogen-bond acceptors (Lipinski definition) is 3. The van der Waals surface area contributed by atoms with Gasteiger partial charge < -0.3 is 4.74 Å². The van der Waals surface area contributed by atoms with Crippen molar-refractivity contribution in [2.24, 2.45) is 0 Å². The van der Waals surface area contributed by atoms with Crippen LogP contribution in [0.3, 0.4) is 0 Å². The van der Waals surface area contributed by atoms with Gasteiger partial charge in [0.05, 0.1) is 0 Å². The normalized spacial score (nSPS) is 11.7. The molecule has 2 aromatic carbocycles. The van der Waals surface area contributed by atoms with Crippen LogP contribution in [0.4, 0.5) is 0 Å². The monoisotopic (exact) mass is 268 g/mol. The number of carbonyl (C=O) groups is 2. The van der Waals surface area contributed by atoms with Crippen LogP contribution in [-0.4, -0.2) is 11.8 Å². The van der Waals surface area contributed by atoms with E-state index in [9.17, 15) is 9.59 Å². The molecule has 0 aliphatic carbocycles. The van der Waals surface area contributed by atoms with Crippen LogP contribution < -0.4 is 4.74 Å². The number of ketones is 1. The summed E-state index contributed by atoms with van der Waals surface area (Å²) >= 11 is 0. The Kier molecular flexibility index (Phi) is 4.66. The second-order valence-corrected chi connectivity index (χ2v) is 4.40. The maximum absolute atomic E-state index is 12.3. The van der Waals surface area contributed by atoms with Crippen molar-refractivity contribution in [3.05, 3.63) is 66.2 Å². The minimum absolute atomic E-state index is 0.142. The first-order chi connectivity index (χ1) is 9.72. The summed E-state index contributed by atoms with van der Waals surface area (Å²) in [7, 11) is 0. The lowest BCUT2D eigenvalue weighted by molar-refractivity contribution is -0.140. The van der Waals surface area contributed by atoms with Crippen LogP contribution in [0.25, 0.3) is 0 Å². The highest BCUT2D eigenvalue weighted by Crippen LogP contribution is 2.21. The molecule has 0 spiro atoms. The van der Waals surface area contributed by atoms with E-state index in [1.54, 1.807) is 55.5 Å². The Balaban J connectivity index is 2.24. The van der Waals surface area contributed by atoms with Gasteiger partial charge in [-0.2, -0.15) is 0 Å². The van der Waals surface area contributed by atoms with E-state index in [4.69, 9.17) is 4.74 Å². The third-order valence-corrected chi connectivity index (χ3v) is 3.00. The summed E-state index contributed by atoms with van der Waals surface area (Å²) in [5, 5.41) is 0. The maximum Gasteiger partial charge on any atom is 0.326 e. The Labute approximate surface area is 118 Å². The van der Waals surface area contributed by atoms with E-state index in [-0.39, 0.29) is 5.78 Å². The quantitative estimate of drug-likeness (QED) is 0.474. The van der Waals surface area contributed by atoms with E-state index in [0.717, 1.165) is 0 Å². The largest absolute Gasteiger partial charge is 0.426 e. The minimum Gasteiger partial charge on any atom is -0.426 e. The second-order valence-electron chi connectivity index (χ2n) is 4.40. The molecule has 0 radical (unpaired) electrons. The van der Waals surface area contributed by atoms with Gasteiger partial charge in [-0.05, 0) is 17.7 Å². The molecule has 0 aromatic heterocycles. The van der Waals surface area contributed by atoms with E-state index in [0.29, 0.717) is 17.7 Å². The molecule has 3 nitrogen and oxygen atoms in total. The van der Waals surface area contributed by atoms with E-state index < -0.39 is 11.9 Å². The van der Waals surface area contributed by atoms with Crippen LogP contribution in [0.2, 0.25) is 0 Å². The van der Waals surface area contributed by atoms with Crippen molar-refractivity contribution >= 4 is 11.8 Å². The van der Waals surface area contributed by atoms with Crippen molar-refractivity contribution in [3.8, 4) is 5.75 Å². The standard InChI is InChI=1S/C17H16O3/c1-2-15(18)16(13-9-5-3-6-10-13)17(19)20-14-11-7-4-8-12-14/h3-12,16H,2H2,1H3. The lowest BCUT2D eigenvalue weighted by atomic mass is 9.93. The molecular weight excluding hydrogens is 252 g/mol. The molecule has 2 rings (SSSR count). The third-order valence-electron chi connectivity index (χ3n) is 3.00. The van der Waals surface area contributed by atoms with Gasteiger partial charge >= 0.3 is 5.97 Å². The Morgan fingerprint density at radius 3 is 2.05 bits per heavy atom. The van der Waals surface area contributed by atoms with Crippen molar-refractivity contribution in [2.45, 2.75) is 19.3 Å². The summed E-state index contributed by atoms with van der Waals surface area (Å²) in [6.07, 6.45) is 0.295. The van der Waals surface area contributed by atoms with Gasteiger partial charge in [0.15, 0.2) is 5.78 Å². The Morgan fingerprint density at radius 2 is 1.50 bits per heavy atom. The molecule has 0 aliphatic heterocycles. The summed E-state index contributed by atoms with van der Waals surface area (Å²) in [6, 6.07) is 17.8. The number of benzene rings is 2. The smallest absolute Gasteiger partial charge is 0.326 e. The number of rotatable bonds is 5. The van der Waals surface area contributed by atoms with Gasteiger partial charge in [0.25, 0.3) is 0 Å². The number of Topliss-reactive ketones (excluding diaryl/α,β-unsaturated/α-hetero) is 1. The molecule has 0 saturated heterocycles.